The van der Waals surface area contributed by atoms with E-state index in [1.165, 1.54) is 0 Å². The van der Waals surface area contributed by atoms with Gasteiger partial charge in [-0.05, 0) is 54.8 Å². The summed E-state index contributed by atoms with van der Waals surface area (Å²) in [6.45, 7) is -0.222. The minimum atomic E-state index is -4.62. The van der Waals surface area contributed by atoms with Gasteiger partial charge in [-0.2, -0.15) is 13.2 Å². The lowest BCUT2D eigenvalue weighted by Gasteiger charge is -2.19. The zero-order chi connectivity index (χ0) is 23.5. The third-order valence-electron chi connectivity index (χ3n) is 5.40. The molecule has 1 aliphatic rings. The first-order valence-electron chi connectivity index (χ1n) is 9.90. The summed E-state index contributed by atoms with van der Waals surface area (Å²) in [7, 11) is 0. The van der Waals surface area contributed by atoms with Gasteiger partial charge in [0.1, 0.15) is 5.82 Å². The molecule has 1 aliphatic carbocycles. The van der Waals surface area contributed by atoms with Gasteiger partial charge in [0.15, 0.2) is 0 Å². The van der Waals surface area contributed by atoms with E-state index in [0.717, 1.165) is 6.07 Å². The van der Waals surface area contributed by atoms with E-state index in [2.05, 4.69) is 10.6 Å². The van der Waals surface area contributed by atoms with Gasteiger partial charge in [-0.15, -0.1) is 0 Å². The number of halogens is 6. The van der Waals surface area contributed by atoms with Gasteiger partial charge in [0.2, 0.25) is 11.8 Å². The van der Waals surface area contributed by atoms with Crippen LogP contribution in [0.5, 0.6) is 0 Å². The Morgan fingerprint density at radius 1 is 0.906 bits per heavy atom. The predicted molar refractivity (Wildman–Crippen MR) is 112 cm³/mol. The van der Waals surface area contributed by atoms with Gasteiger partial charge in [-0.1, -0.05) is 29.6 Å². The zero-order valence-electron chi connectivity index (χ0n) is 16.7. The van der Waals surface area contributed by atoms with Crippen molar-refractivity contribution in [1.29, 1.82) is 0 Å². The van der Waals surface area contributed by atoms with E-state index in [9.17, 15) is 27.2 Å². The fourth-order valence-corrected chi connectivity index (χ4v) is 4.39. The second-order valence-electron chi connectivity index (χ2n) is 7.66. The van der Waals surface area contributed by atoms with Crippen molar-refractivity contribution in [1.82, 2.24) is 10.6 Å². The molecule has 2 aromatic carbocycles. The molecule has 0 saturated heterocycles. The molecule has 0 aromatic heterocycles. The van der Waals surface area contributed by atoms with Crippen LogP contribution in [0.25, 0.3) is 0 Å². The summed E-state index contributed by atoms with van der Waals surface area (Å²) in [5.41, 5.74) is -0.567. The Morgan fingerprint density at radius 3 is 2.03 bits per heavy atom. The third-order valence-corrected chi connectivity index (χ3v) is 5.84. The van der Waals surface area contributed by atoms with Crippen LogP contribution in [-0.2, 0) is 28.9 Å². The maximum atomic E-state index is 13.9. The van der Waals surface area contributed by atoms with Gasteiger partial charge >= 0.3 is 6.18 Å². The highest BCUT2D eigenvalue weighted by Gasteiger charge is 2.37. The Bertz CT molecular complexity index is 994. The summed E-state index contributed by atoms with van der Waals surface area (Å²) in [5, 5.41) is 6.10. The van der Waals surface area contributed by atoms with E-state index in [4.69, 9.17) is 23.2 Å². The lowest BCUT2D eigenvalue weighted by molar-refractivity contribution is -0.137. The maximum Gasteiger partial charge on any atom is 0.416 e. The predicted octanol–water partition coefficient (Wildman–Crippen LogP) is 5.50. The Hall–Kier alpha value is -2.32. The van der Waals surface area contributed by atoms with Crippen molar-refractivity contribution in [2.75, 3.05) is 0 Å². The summed E-state index contributed by atoms with van der Waals surface area (Å²) >= 11 is 11.9. The quantitative estimate of drug-likeness (QED) is 0.525. The van der Waals surface area contributed by atoms with Crippen molar-refractivity contribution < 1.29 is 27.2 Å². The molecule has 2 N–H and O–H groups in total. The van der Waals surface area contributed by atoms with E-state index < -0.39 is 41.8 Å². The molecular formula is C22H20Cl2F4N2O2. The largest absolute Gasteiger partial charge is 0.416 e. The summed E-state index contributed by atoms with van der Waals surface area (Å²) in [6.07, 6.45) is -3.01. The zero-order valence-corrected chi connectivity index (χ0v) is 18.3. The average Bonchev–Trinajstić information content (AvgIpc) is 3.19. The van der Waals surface area contributed by atoms with E-state index >= 15 is 0 Å². The number of rotatable bonds is 6. The molecule has 4 nitrogen and oxygen atoms in total. The van der Waals surface area contributed by atoms with Crippen LogP contribution < -0.4 is 10.6 Å². The lowest BCUT2D eigenvalue weighted by atomic mass is 9.94. The molecule has 2 aromatic rings. The fourth-order valence-electron chi connectivity index (χ4n) is 3.82. The molecule has 2 amide bonds. The van der Waals surface area contributed by atoms with Crippen LogP contribution in [0.4, 0.5) is 17.6 Å². The van der Waals surface area contributed by atoms with Crippen LogP contribution in [-0.4, -0.2) is 11.8 Å². The number of alkyl halides is 3. The highest BCUT2D eigenvalue weighted by atomic mass is 35.5. The maximum absolute atomic E-state index is 13.9. The van der Waals surface area contributed by atoms with Crippen LogP contribution in [0.15, 0.2) is 36.4 Å². The van der Waals surface area contributed by atoms with Crippen LogP contribution in [0.2, 0.25) is 10.0 Å². The molecule has 0 bridgehead atoms. The molecule has 0 spiro atoms. The topological polar surface area (TPSA) is 58.2 Å². The molecule has 0 radical (unpaired) electrons. The van der Waals surface area contributed by atoms with Crippen molar-refractivity contribution >= 4 is 35.0 Å². The van der Waals surface area contributed by atoms with E-state index in [1.807, 2.05) is 0 Å². The molecular weight excluding hydrogens is 471 g/mol. The molecule has 1 fully saturated rings. The first-order valence-corrected chi connectivity index (χ1v) is 10.7. The third kappa shape index (κ3) is 6.13. The summed E-state index contributed by atoms with van der Waals surface area (Å²) in [5.74, 6) is -2.89. The number of carbonyl (C=O) groups is 2. The number of amides is 2. The smallest absolute Gasteiger partial charge is 0.352 e. The lowest BCUT2D eigenvalue weighted by Crippen LogP contribution is -2.39. The minimum Gasteiger partial charge on any atom is -0.352 e. The number of hydrogen-bond acceptors (Lipinski definition) is 2. The molecule has 172 valence electrons. The number of benzene rings is 2. The number of hydrogen-bond donors (Lipinski definition) is 2. The van der Waals surface area contributed by atoms with Crippen LogP contribution in [0.3, 0.4) is 0 Å². The summed E-state index contributed by atoms with van der Waals surface area (Å²) in [4.78, 5) is 25.3. The normalized spacial score (nSPS) is 18.4. The van der Waals surface area contributed by atoms with Gasteiger partial charge in [-0.25, -0.2) is 4.39 Å². The highest BCUT2D eigenvalue weighted by molar-refractivity contribution is 6.34. The second kappa shape index (κ2) is 10.1. The fraction of sp³-hybridized carbons (Fsp3) is 0.364. The van der Waals surface area contributed by atoms with Crippen molar-refractivity contribution in [3.8, 4) is 0 Å². The number of carbonyl (C=O) groups excluding carboxylic acids is 2. The number of nitrogens with one attached hydrogen (secondary N) is 2. The van der Waals surface area contributed by atoms with Crippen molar-refractivity contribution in [2.24, 2.45) is 11.8 Å². The van der Waals surface area contributed by atoms with Crippen LogP contribution >= 0.6 is 23.2 Å². The van der Waals surface area contributed by atoms with Crippen molar-refractivity contribution in [3.05, 3.63) is 69.0 Å². The van der Waals surface area contributed by atoms with E-state index in [0.29, 0.717) is 47.0 Å². The summed E-state index contributed by atoms with van der Waals surface area (Å²) < 4.78 is 52.5. The van der Waals surface area contributed by atoms with Gasteiger partial charge in [0.05, 0.1) is 5.56 Å². The average molecular weight is 491 g/mol. The highest BCUT2D eigenvalue weighted by Crippen LogP contribution is 2.33. The Labute approximate surface area is 192 Å². The van der Waals surface area contributed by atoms with E-state index in [-0.39, 0.29) is 18.0 Å². The van der Waals surface area contributed by atoms with Gasteiger partial charge in [-0.3, -0.25) is 9.59 Å². The molecule has 0 heterocycles. The molecule has 0 aliphatic heterocycles. The SMILES string of the molecule is O=C(NCc1cc(C(F)(F)F)ccc1F)C1CCC[C@H]1C(=O)NCc1cc(Cl)cc(Cl)c1. The summed E-state index contributed by atoms with van der Waals surface area (Å²) in [6, 6.07) is 6.93. The van der Waals surface area contributed by atoms with Gasteiger partial charge < -0.3 is 10.6 Å². The molecule has 32 heavy (non-hydrogen) atoms. The molecule has 2 atom stereocenters. The minimum absolute atomic E-state index is 0.180. The van der Waals surface area contributed by atoms with Gasteiger partial charge in [0, 0.05) is 40.5 Å². The Balaban J connectivity index is 1.60. The molecule has 3 rings (SSSR count). The monoisotopic (exact) mass is 490 g/mol. The van der Waals surface area contributed by atoms with Crippen molar-refractivity contribution in [3.63, 3.8) is 0 Å². The van der Waals surface area contributed by atoms with Crippen LogP contribution in [0, 0.1) is 17.7 Å². The van der Waals surface area contributed by atoms with Crippen molar-refractivity contribution in [2.45, 2.75) is 38.5 Å². The van der Waals surface area contributed by atoms with Gasteiger partial charge in [0.25, 0.3) is 0 Å². The Morgan fingerprint density at radius 2 is 1.47 bits per heavy atom. The molecule has 10 heteroatoms. The molecule has 1 unspecified atom stereocenters. The van der Waals surface area contributed by atoms with E-state index in [1.54, 1.807) is 18.2 Å². The van der Waals surface area contributed by atoms with Crippen LogP contribution in [0.1, 0.15) is 36.0 Å². The second-order valence-corrected chi connectivity index (χ2v) is 8.53. The first kappa shape index (κ1) is 24.3. The first-order chi connectivity index (χ1) is 15.0. The molecule has 1 saturated carbocycles. The standard InChI is InChI=1S/C22H20Cl2F4N2O2/c23-15-6-12(7-16(24)9-15)10-29-20(31)17-2-1-3-18(17)21(32)30-11-13-8-14(22(26,27)28)4-5-19(13)25/h4-9,17-18H,1-3,10-11H2,(H,29,31)(H,30,32)/t17-,18?/m1/s1. The Kier molecular flexibility index (Phi) is 7.67.